The van der Waals surface area contributed by atoms with E-state index in [0.717, 1.165) is 0 Å². The van der Waals surface area contributed by atoms with Gasteiger partial charge in [-0.15, -0.1) is 0 Å². The van der Waals surface area contributed by atoms with Gasteiger partial charge in [0.15, 0.2) is 34.8 Å². The lowest BCUT2D eigenvalue weighted by Crippen LogP contribution is -2.25. The number of benzene rings is 2. The standard InChI is InChI=1S/C20H15F5N2O3/c1-4-30-19-10(6-5-7-12(19)29-3)8-11-9(2)26-27(20(11)28)18-16(24)14(22)13(21)15(23)17(18)25/h5-8H,4H2,1-3H3/b11-8-. The number of anilines is 1. The fourth-order valence-corrected chi connectivity index (χ4v) is 2.88. The Kier molecular flexibility index (Phi) is 5.77. The minimum absolute atomic E-state index is 0.00853. The van der Waals surface area contributed by atoms with Crippen LogP contribution in [0.2, 0.25) is 0 Å². The van der Waals surface area contributed by atoms with E-state index in [1.54, 1.807) is 25.1 Å². The zero-order valence-corrected chi connectivity index (χ0v) is 16.0. The average molecular weight is 426 g/mol. The first-order chi connectivity index (χ1) is 14.2. The van der Waals surface area contributed by atoms with E-state index in [9.17, 15) is 26.7 Å². The Bertz CT molecular complexity index is 1070. The number of carbonyl (C=O) groups is 1. The van der Waals surface area contributed by atoms with Gasteiger partial charge in [-0.25, -0.2) is 22.0 Å². The molecule has 0 radical (unpaired) electrons. The van der Waals surface area contributed by atoms with Crippen LogP contribution in [-0.4, -0.2) is 25.3 Å². The summed E-state index contributed by atoms with van der Waals surface area (Å²) in [6, 6.07) is 4.86. The van der Waals surface area contributed by atoms with Gasteiger partial charge >= 0.3 is 0 Å². The molecule has 0 aromatic heterocycles. The topological polar surface area (TPSA) is 51.1 Å². The van der Waals surface area contributed by atoms with E-state index in [1.165, 1.54) is 20.1 Å². The summed E-state index contributed by atoms with van der Waals surface area (Å²) in [6.45, 7) is 3.38. The average Bonchev–Trinajstić information content (AvgIpc) is 3.00. The minimum Gasteiger partial charge on any atom is -0.493 e. The number of rotatable bonds is 5. The third-order valence-electron chi connectivity index (χ3n) is 4.28. The van der Waals surface area contributed by atoms with Gasteiger partial charge in [-0.3, -0.25) is 4.79 Å². The van der Waals surface area contributed by atoms with Crippen LogP contribution in [0.3, 0.4) is 0 Å². The molecular weight excluding hydrogens is 411 g/mol. The van der Waals surface area contributed by atoms with Crippen molar-refractivity contribution < 1.29 is 36.2 Å². The lowest BCUT2D eigenvalue weighted by Gasteiger charge is -2.15. The summed E-state index contributed by atoms with van der Waals surface area (Å²) in [7, 11) is 1.42. The minimum atomic E-state index is -2.32. The summed E-state index contributed by atoms with van der Waals surface area (Å²) in [6.07, 6.45) is 1.33. The van der Waals surface area contributed by atoms with Crippen molar-refractivity contribution >= 4 is 23.4 Å². The highest BCUT2D eigenvalue weighted by atomic mass is 19.2. The van der Waals surface area contributed by atoms with Crippen LogP contribution in [0.25, 0.3) is 6.08 Å². The van der Waals surface area contributed by atoms with Crippen molar-refractivity contribution in [2.24, 2.45) is 5.10 Å². The molecule has 0 atom stereocenters. The summed E-state index contributed by atoms with van der Waals surface area (Å²) in [5.41, 5.74) is -1.16. The summed E-state index contributed by atoms with van der Waals surface area (Å²) in [5.74, 6) is -11.4. The number of halogens is 5. The summed E-state index contributed by atoms with van der Waals surface area (Å²) in [4.78, 5) is 12.8. The number of hydrogen-bond donors (Lipinski definition) is 0. The largest absolute Gasteiger partial charge is 0.493 e. The Labute approximate surface area is 168 Å². The van der Waals surface area contributed by atoms with Gasteiger partial charge in [0.1, 0.15) is 5.69 Å². The second kappa shape index (κ2) is 8.13. The predicted octanol–water partition coefficient (Wildman–Crippen LogP) is 4.60. The second-order valence-electron chi connectivity index (χ2n) is 6.09. The first kappa shape index (κ1) is 21.3. The third-order valence-corrected chi connectivity index (χ3v) is 4.28. The van der Waals surface area contributed by atoms with E-state index in [-0.39, 0.29) is 22.9 Å². The number of hydrazone groups is 1. The maximum atomic E-state index is 14.1. The van der Waals surface area contributed by atoms with Crippen molar-refractivity contribution in [1.82, 2.24) is 0 Å². The highest BCUT2D eigenvalue weighted by Gasteiger charge is 2.37. The first-order valence-corrected chi connectivity index (χ1v) is 8.65. The summed E-state index contributed by atoms with van der Waals surface area (Å²) in [5, 5.41) is 3.84. The van der Waals surface area contributed by atoms with E-state index < -0.39 is 40.7 Å². The number of para-hydroxylation sites is 1. The Morgan fingerprint density at radius 1 is 1.03 bits per heavy atom. The molecule has 0 fully saturated rings. The van der Waals surface area contributed by atoms with Crippen molar-refractivity contribution in [2.45, 2.75) is 13.8 Å². The molecule has 158 valence electrons. The van der Waals surface area contributed by atoms with Gasteiger partial charge in [-0.1, -0.05) is 12.1 Å². The van der Waals surface area contributed by atoms with Crippen molar-refractivity contribution in [3.63, 3.8) is 0 Å². The smallest absolute Gasteiger partial charge is 0.280 e. The van der Waals surface area contributed by atoms with Gasteiger partial charge in [0.05, 0.1) is 25.0 Å². The zero-order valence-electron chi connectivity index (χ0n) is 16.0. The highest BCUT2D eigenvalue weighted by molar-refractivity contribution is 6.32. The normalized spacial score (nSPS) is 15.1. The molecule has 0 saturated carbocycles. The van der Waals surface area contributed by atoms with Gasteiger partial charge in [0.25, 0.3) is 5.91 Å². The molecule has 5 nitrogen and oxygen atoms in total. The van der Waals surface area contributed by atoms with Crippen LogP contribution in [0.1, 0.15) is 19.4 Å². The highest BCUT2D eigenvalue weighted by Crippen LogP contribution is 2.36. The Hall–Kier alpha value is -3.43. The van der Waals surface area contributed by atoms with E-state index in [4.69, 9.17) is 9.47 Å². The Balaban J connectivity index is 2.11. The molecule has 2 aromatic carbocycles. The van der Waals surface area contributed by atoms with Gasteiger partial charge < -0.3 is 9.47 Å². The van der Waals surface area contributed by atoms with Crippen LogP contribution in [0.15, 0.2) is 28.9 Å². The maximum Gasteiger partial charge on any atom is 0.280 e. The fourth-order valence-electron chi connectivity index (χ4n) is 2.88. The van der Waals surface area contributed by atoms with Crippen LogP contribution in [0.4, 0.5) is 27.6 Å². The van der Waals surface area contributed by atoms with Crippen LogP contribution in [0, 0.1) is 29.1 Å². The van der Waals surface area contributed by atoms with Gasteiger partial charge in [0.2, 0.25) is 5.82 Å². The quantitative estimate of drug-likeness (QED) is 0.304. The number of nitrogens with zero attached hydrogens (tertiary/aromatic N) is 2. The SMILES string of the molecule is CCOc1c(/C=C2\C(=O)N(c3c(F)c(F)c(F)c(F)c3F)N=C2C)cccc1OC. The number of amides is 1. The third kappa shape index (κ3) is 3.38. The van der Waals surface area contributed by atoms with Crippen LogP contribution in [0.5, 0.6) is 11.5 Å². The van der Waals surface area contributed by atoms with Gasteiger partial charge in [-0.2, -0.15) is 10.1 Å². The molecule has 10 heteroatoms. The molecule has 0 aliphatic carbocycles. The molecule has 1 heterocycles. The number of ether oxygens (including phenoxy) is 2. The van der Waals surface area contributed by atoms with Crippen molar-refractivity contribution in [3.05, 3.63) is 58.4 Å². The lowest BCUT2D eigenvalue weighted by atomic mass is 10.1. The molecule has 0 N–H and O–H groups in total. The number of methoxy groups -OCH3 is 1. The van der Waals surface area contributed by atoms with Crippen LogP contribution in [-0.2, 0) is 4.79 Å². The molecule has 3 rings (SSSR count). The maximum absolute atomic E-state index is 14.1. The number of carbonyl (C=O) groups excluding carboxylic acids is 1. The lowest BCUT2D eigenvalue weighted by molar-refractivity contribution is -0.114. The molecule has 1 aliphatic rings. The molecule has 2 aromatic rings. The van der Waals surface area contributed by atoms with Crippen molar-refractivity contribution in [3.8, 4) is 11.5 Å². The number of hydrogen-bond acceptors (Lipinski definition) is 4. The predicted molar refractivity (Wildman–Crippen MR) is 99.0 cm³/mol. The molecule has 0 unspecified atom stereocenters. The van der Waals surface area contributed by atoms with Gasteiger partial charge in [-0.05, 0) is 26.0 Å². The van der Waals surface area contributed by atoms with E-state index >= 15 is 0 Å². The molecule has 1 amide bonds. The van der Waals surface area contributed by atoms with Crippen molar-refractivity contribution in [1.29, 1.82) is 0 Å². The second-order valence-corrected chi connectivity index (χ2v) is 6.09. The summed E-state index contributed by atoms with van der Waals surface area (Å²) < 4.78 is 79.4. The summed E-state index contributed by atoms with van der Waals surface area (Å²) >= 11 is 0. The molecule has 30 heavy (non-hydrogen) atoms. The molecule has 0 saturated heterocycles. The zero-order chi connectivity index (χ0) is 22.2. The molecule has 0 spiro atoms. The monoisotopic (exact) mass is 426 g/mol. The van der Waals surface area contributed by atoms with Crippen molar-refractivity contribution in [2.75, 3.05) is 18.7 Å². The first-order valence-electron chi connectivity index (χ1n) is 8.65. The van der Waals surface area contributed by atoms with Crippen LogP contribution < -0.4 is 14.5 Å². The fraction of sp³-hybridized carbons (Fsp3) is 0.200. The van der Waals surface area contributed by atoms with E-state index in [0.29, 0.717) is 17.1 Å². The molecule has 0 bridgehead atoms. The molecular formula is C20H15F5N2O3. The van der Waals surface area contributed by atoms with E-state index in [2.05, 4.69) is 5.10 Å². The molecule has 1 aliphatic heterocycles. The Morgan fingerprint density at radius 3 is 2.20 bits per heavy atom. The van der Waals surface area contributed by atoms with Crippen LogP contribution >= 0.6 is 0 Å². The Morgan fingerprint density at radius 2 is 1.63 bits per heavy atom. The van der Waals surface area contributed by atoms with E-state index in [1.807, 2.05) is 0 Å². The van der Waals surface area contributed by atoms with Gasteiger partial charge in [0, 0.05) is 5.56 Å².